The number of unbranched alkanes of at least 4 members (excludes halogenated alkanes) is 1. The van der Waals surface area contributed by atoms with Gasteiger partial charge in [-0.05, 0) is 60.9 Å². The Morgan fingerprint density at radius 2 is 2.07 bits per heavy atom. The van der Waals surface area contributed by atoms with Gasteiger partial charge in [-0.1, -0.05) is 32.1 Å². The first-order valence-corrected chi connectivity index (χ1v) is 10.7. The maximum Gasteiger partial charge on any atom is 0.306 e. The number of aryl methyl sites for hydroxylation is 2. The lowest BCUT2D eigenvalue weighted by atomic mass is 9.79. The highest BCUT2D eigenvalue weighted by Gasteiger charge is 2.40. The van der Waals surface area contributed by atoms with Crippen molar-refractivity contribution in [2.75, 3.05) is 19.8 Å². The maximum atomic E-state index is 13.1. The van der Waals surface area contributed by atoms with Crippen molar-refractivity contribution in [3.8, 4) is 0 Å². The maximum absolute atomic E-state index is 13.1. The summed E-state index contributed by atoms with van der Waals surface area (Å²) in [6, 6.07) is 4.92. The number of rotatable bonds is 7. The molecule has 0 spiro atoms. The molecule has 154 valence electrons. The monoisotopic (exact) mass is 386 g/mol. The minimum Gasteiger partial charge on any atom is -0.462 e. The first-order valence-electron chi connectivity index (χ1n) is 10.7. The van der Waals surface area contributed by atoms with E-state index in [-0.39, 0.29) is 24.0 Å². The normalized spacial score (nSPS) is 24.4. The van der Waals surface area contributed by atoms with Gasteiger partial charge in [-0.3, -0.25) is 9.69 Å². The molecule has 0 aliphatic carbocycles. The van der Waals surface area contributed by atoms with Gasteiger partial charge in [0.2, 0.25) is 0 Å². The molecule has 2 aliphatic heterocycles. The van der Waals surface area contributed by atoms with Crippen molar-refractivity contribution in [3.63, 3.8) is 0 Å². The van der Waals surface area contributed by atoms with Crippen molar-refractivity contribution in [3.05, 3.63) is 46.5 Å². The summed E-state index contributed by atoms with van der Waals surface area (Å²) in [5.74, 6) is 0.00505. The molecule has 28 heavy (non-hydrogen) atoms. The highest BCUT2D eigenvalue weighted by atomic mass is 18.2. The Hall–Kier alpha value is -1.68. The number of carbonyl (C=O) groups excluding carboxylic acids is 1. The number of fused-ring (bicyclic) bond motifs is 3. The van der Waals surface area contributed by atoms with Gasteiger partial charge in [-0.15, -0.1) is 0 Å². The molecular weight excluding hydrogens is 352 g/mol. The van der Waals surface area contributed by atoms with Crippen molar-refractivity contribution < 1.29 is 13.9 Å². The Morgan fingerprint density at radius 3 is 2.79 bits per heavy atom. The van der Waals surface area contributed by atoms with Crippen LogP contribution in [0.5, 0.6) is 0 Å². The van der Waals surface area contributed by atoms with E-state index in [1.807, 2.05) is 0 Å². The summed E-state index contributed by atoms with van der Waals surface area (Å²) in [7, 11) is 0. The molecule has 0 N–H and O–H groups in total. The number of allylic oxidation sites excluding steroid dienone is 1. The van der Waals surface area contributed by atoms with Crippen molar-refractivity contribution in [1.82, 2.24) is 4.90 Å². The summed E-state index contributed by atoms with van der Waals surface area (Å²) in [6.45, 7) is 11.6. The van der Waals surface area contributed by atoms with Gasteiger partial charge in [0.05, 0.1) is 0 Å². The van der Waals surface area contributed by atoms with Crippen LogP contribution in [0.2, 0.25) is 0 Å². The van der Waals surface area contributed by atoms with Gasteiger partial charge in [-0.25, -0.2) is 4.39 Å². The Morgan fingerprint density at radius 1 is 1.32 bits per heavy atom. The molecule has 0 amide bonds. The minimum absolute atomic E-state index is 0.118. The summed E-state index contributed by atoms with van der Waals surface area (Å²) < 4.78 is 19.0. The van der Waals surface area contributed by atoms with E-state index in [1.54, 1.807) is 0 Å². The number of piperidine rings is 1. The lowest BCUT2D eigenvalue weighted by Crippen LogP contribution is -2.49. The van der Waals surface area contributed by atoms with E-state index in [1.165, 1.54) is 22.3 Å². The largest absolute Gasteiger partial charge is 0.462 e. The van der Waals surface area contributed by atoms with Crippen LogP contribution in [0.25, 0.3) is 0 Å². The van der Waals surface area contributed by atoms with Crippen LogP contribution < -0.4 is 0 Å². The van der Waals surface area contributed by atoms with E-state index in [4.69, 9.17) is 4.74 Å². The van der Waals surface area contributed by atoms with Crippen molar-refractivity contribution >= 4 is 5.97 Å². The molecule has 1 fully saturated rings. The number of hydrogen-bond acceptors (Lipinski definition) is 3. The molecule has 0 radical (unpaired) electrons. The SMILES string of the molecule is C=C(C[18F])C[C@@H]1CN2CCc3cc(C)c(C)cc3[C@H]2C[C@H]1OC(=O)CCCC. The van der Waals surface area contributed by atoms with E-state index >= 15 is 0 Å². The fourth-order valence-electron chi connectivity index (χ4n) is 4.68. The van der Waals surface area contributed by atoms with Gasteiger partial charge in [0.1, 0.15) is 12.8 Å². The molecule has 0 aromatic heterocycles. The zero-order valence-electron chi connectivity index (χ0n) is 17.6. The molecule has 0 bridgehead atoms. The predicted octanol–water partition coefficient (Wildman–Crippen LogP) is 5.24. The van der Waals surface area contributed by atoms with Crippen LogP contribution in [-0.4, -0.2) is 36.7 Å². The molecule has 4 heteroatoms. The van der Waals surface area contributed by atoms with Gasteiger partial charge < -0.3 is 4.74 Å². The van der Waals surface area contributed by atoms with E-state index in [0.717, 1.165) is 38.8 Å². The standard InChI is InChI=1S/C24H34FNO2/c1-5-6-7-24(27)28-23-13-22-21-12-18(4)17(3)11-19(21)8-9-26(22)15-20(23)10-16(2)14-25/h11-12,20,22-23H,2,5-10,13-15H2,1,3-4H3/t20-,22-,23-/m1/s1/i25-1. The number of nitrogens with zero attached hydrogens (tertiary/aromatic N) is 1. The van der Waals surface area contributed by atoms with Crippen LogP contribution in [0.3, 0.4) is 0 Å². The topological polar surface area (TPSA) is 29.5 Å². The summed E-state index contributed by atoms with van der Waals surface area (Å²) in [5.41, 5.74) is 6.05. The van der Waals surface area contributed by atoms with Gasteiger partial charge in [0, 0.05) is 37.9 Å². The Bertz CT molecular complexity index is 730. The lowest BCUT2D eigenvalue weighted by molar-refractivity contribution is -0.157. The second-order valence-electron chi connectivity index (χ2n) is 8.61. The molecule has 1 aromatic carbocycles. The molecule has 3 atom stereocenters. The zero-order valence-corrected chi connectivity index (χ0v) is 17.6. The van der Waals surface area contributed by atoms with E-state index < -0.39 is 6.67 Å². The number of alkyl halides is 1. The average Bonchev–Trinajstić information content (AvgIpc) is 2.68. The quantitative estimate of drug-likeness (QED) is 0.474. The van der Waals surface area contributed by atoms with E-state index in [2.05, 4.69) is 44.4 Å². The second kappa shape index (κ2) is 9.21. The molecular formula is C24H34FNO2. The zero-order chi connectivity index (χ0) is 20.3. The first kappa shape index (κ1) is 21.0. The molecule has 0 saturated carbocycles. The molecule has 2 aliphatic rings. The third-order valence-electron chi connectivity index (χ3n) is 6.43. The van der Waals surface area contributed by atoms with E-state index in [0.29, 0.717) is 18.4 Å². The Kier molecular flexibility index (Phi) is 6.92. The number of esters is 1. The number of halogens is 1. The molecule has 0 unspecified atom stereocenters. The third kappa shape index (κ3) is 4.65. The van der Waals surface area contributed by atoms with Crippen LogP contribution in [0.4, 0.5) is 4.39 Å². The highest BCUT2D eigenvalue weighted by Crippen LogP contribution is 2.41. The molecule has 2 heterocycles. The summed E-state index contributed by atoms with van der Waals surface area (Å²) in [4.78, 5) is 14.8. The van der Waals surface area contributed by atoms with Crippen LogP contribution in [0.1, 0.15) is 67.3 Å². The number of benzene rings is 1. The second-order valence-corrected chi connectivity index (χ2v) is 8.61. The van der Waals surface area contributed by atoms with Crippen molar-refractivity contribution in [1.29, 1.82) is 0 Å². The first-order chi connectivity index (χ1) is 13.4. The fourth-order valence-corrected chi connectivity index (χ4v) is 4.68. The van der Waals surface area contributed by atoms with Gasteiger partial charge >= 0.3 is 5.97 Å². The Balaban J connectivity index is 1.82. The van der Waals surface area contributed by atoms with Crippen molar-refractivity contribution in [2.24, 2.45) is 5.92 Å². The summed E-state index contributed by atoms with van der Waals surface area (Å²) in [6.07, 6.45) is 4.55. The Labute approximate surface area is 168 Å². The predicted molar refractivity (Wildman–Crippen MR) is 111 cm³/mol. The van der Waals surface area contributed by atoms with Crippen molar-refractivity contribution in [2.45, 2.75) is 71.4 Å². The van der Waals surface area contributed by atoms with Gasteiger partial charge in [0.25, 0.3) is 0 Å². The van der Waals surface area contributed by atoms with Gasteiger partial charge in [-0.2, -0.15) is 0 Å². The smallest absolute Gasteiger partial charge is 0.306 e. The average molecular weight is 387 g/mol. The highest BCUT2D eigenvalue weighted by molar-refractivity contribution is 5.69. The summed E-state index contributed by atoms with van der Waals surface area (Å²) >= 11 is 0. The number of hydrogen-bond donors (Lipinski definition) is 0. The minimum atomic E-state index is -0.502. The van der Waals surface area contributed by atoms with Crippen LogP contribution in [0.15, 0.2) is 24.3 Å². The third-order valence-corrected chi connectivity index (χ3v) is 6.43. The number of carbonyl (C=O) groups is 1. The van der Waals surface area contributed by atoms with Crippen LogP contribution in [0, 0.1) is 19.8 Å². The fraction of sp³-hybridized carbons (Fsp3) is 0.625. The number of ether oxygens (including phenoxy) is 1. The summed E-state index contributed by atoms with van der Waals surface area (Å²) in [5, 5.41) is 0. The molecule has 1 saturated heterocycles. The van der Waals surface area contributed by atoms with Crippen LogP contribution >= 0.6 is 0 Å². The molecule has 3 nitrogen and oxygen atoms in total. The van der Waals surface area contributed by atoms with Crippen LogP contribution in [-0.2, 0) is 16.0 Å². The van der Waals surface area contributed by atoms with Gasteiger partial charge in [0.15, 0.2) is 0 Å². The lowest BCUT2D eigenvalue weighted by Gasteiger charge is -2.47. The molecule has 3 rings (SSSR count). The van der Waals surface area contributed by atoms with E-state index in [9.17, 15) is 9.18 Å². The molecule has 1 aromatic rings.